The molecule has 0 aliphatic carbocycles. The highest BCUT2D eigenvalue weighted by Gasteiger charge is 2.10. The van der Waals surface area contributed by atoms with Gasteiger partial charge in [-0.25, -0.2) is 8.78 Å². The maximum Gasteiger partial charge on any atom is 0.257 e. The van der Waals surface area contributed by atoms with Crippen molar-refractivity contribution in [3.05, 3.63) is 16.4 Å². The Morgan fingerprint density at radius 1 is 1.56 bits per heavy atom. The highest BCUT2D eigenvalue weighted by Crippen LogP contribution is 2.16. The van der Waals surface area contributed by atoms with Gasteiger partial charge in [-0.2, -0.15) is 5.10 Å². The summed E-state index contributed by atoms with van der Waals surface area (Å²) in [7, 11) is 0. The first-order valence-electron chi connectivity index (χ1n) is 5.21. The number of rotatable bonds is 7. The van der Waals surface area contributed by atoms with Gasteiger partial charge in [0, 0.05) is 12.8 Å². The van der Waals surface area contributed by atoms with E-state index in [4.69, 9.17) is 4.74 Å². The maximum atomic E-state index is 12.1. The van der Waals surface area contributed by atoms with E-state index in [1.54, 1.807) is 6.20 Å². The minimum absolute atomic E-state index is 0.358. The first-order chi connectivity index (χ1) is 7.63. The van der Waals surface area contributed by atoms with E-state index >= 15 is 0 Å². The van der Waals surface area contributed by atoms with E-state index in [2.05, 4.69) is 28.0 Å². The zero-order chi connectivity index (χ0) is 12.0. The van der Waals surface area contributed by atoms with Crippen molar-refractivity contribution in [1.82, 2.24) is 9.78 Å². The number of alkyl halides is 2. The van der Waals surface area contributed by atoms with Crippen LogP contribution in [0.25, 0.3) is 0 Å². The molecule has 1 heterocycles. The molecule has 6 heteroatoms. The smallest absolute Gasteiger partial charge is 0.257 e. The Bertz CT molecular complexity index is 318. The number of unbranched alkanes of at least 4 members (excludes halogenated alkanes) is 1. The summed E-state index contributed by atoms with van der Waals surface area (Å²) in [6.07, 6.45) is 1.22. The van der Waals surface area contributed by atoms with Crippen LogP contribution in [0.15, 0.2) is 10.7 Å². The molecule has 0 amide bonds. The highest BCUT2D eigenvalue weighted by atomic mass is 79.9. The number of nitrogens with zero attached hydrogens (tertiary/aromatic N) is 2. The van der Waals surface area contributed by atoms with Gasteiger partial charge in [-0.3, -0.25) is 4.68 Å². The largest absolute Gasteiger partial charge is 0.375 e. The third-order valence-corrected chi connectivity index (χ3v) is 2.66. The number of halogens is 3. The van der Waals surface area contributed by atoms with E-state index < -0.39 is 6.43 Å². The van der Waals surface area contributed by atoms with Gasteiger partial charge in [0.15, 0.2) is 0 Å². The fourth-order valence-electron chi connectivity index (χ4n) is 1.19. The molecule has 0 unspecified atom stereocenters. The van der Waals surface area contributed by atoms with E-state index in [9.17, 15) is 8.78 Å². The molecule has 1 rings (SSSR count). The van der Waals surface area contributed by atoms with Crippen LogP contribution in [0.1, 0.15) is 25.5 Å². The standard InChI is InChI=1S/C10H15BrF2N2O/c1-2-3-4-16-7-9-8(11)5-15(14-9)6-10(12)13/h5,10H,2-4,6-7H2,1H3. The van der Waals surface area contributed by atoms with Crippen molar-refractivity contribution in [2.24, 2.45) is 0 Å². The summed E-state index contributed by atoms with van der Waals surface area (Å²) in [5.41, 5.74) is 0.664. The topological polar surface area (TPSA) is 27.1 Å². The molecule has 0 atom stereocenters. The van der Waals surface area contributed by atoms with Gasteiger partial charge in [0.1, 0.15) is 12.2 Å². The first kappa shape index (κ1) is 13.6. The molecule has 1 aromatic heterocycles. The molecule has 16 heavy (non-hydrogen) atoms. The van der Waals surface area contributed by atoms with Crippen molar-refractivity contribution in [2.45, 2.75) is 39.3 Å². The van der Waals surface area contributed by atoms with E-state index in [1.807, 2.05) is 0 Å². The molecule has 0 fully saturated rings. The van der Waals surface area contributed by atoms with Crippen LogP contribution < -0.4 is 0 Å². The molecule has 0 saturated heterocycles. The first-order valence-corrected chi connectivity index (χ1v) is 6.00. The van der Waals surface area contributed by atoms with Gasteiger partial charge < -0.3 is 4.74 Å². The monoisotopic (exact) mass is 296 g/mol. The molecule has 92 valence electrons. The Kier molecular flexibility index (Phi) is 5.90. The van der Waals surface area contributed by atoms with Gasteiger partial charge in [-0.15, -0.1) is 0 Å². The van der Waals surface area contributed by atoms with E-state index in [-0.39, 0.29) is 6.54 Å². The summed E-state index contributed by atoms with van der Waals surface area (Å²) in [6.45, 7) is 2.73. The average molecular weight is 297 g/mol. The molecule has 0 bridgehead atoms. The zero-order valence-electron chi connectivity index (χ0n) is 9.13. The lowest BCUT2D eigenvalue weighted by atomic mass is 10.4. The van der Waals surface area contributed by atoms with Crippen molar-refractivity contribution in [3.63, 3.8) is 0 Å². The fraction of sp³-hybridized carbons (Fsp3) is 0.700. The molecule has 0 aromatic carbocycles. The van der Waals surface area contributed by atoms with Gasteiger partial charge in [0.2, 0.25) is 0 Å². The van der Waals surface area contributed by atoms with E-state index in [0.29, 0.717) is 23.4 Å². The van der Waals surface area contributed by atoms with Crippen LogP contribution in [-0.2, 0) is 17.9 Å². The normalized spacial score (nSPS) is 11.3. The summed E-state index contributed by atoms with van der Waals surface area (Å²) in [5, 5.41) is 4.01. The molecule has 0 aliphatic heterocycles. The van der Waals surface area contributed by atoms with Crippen LogP contribution in [0, 0.1) is 0 Å². The Balaban J connectivity index is 2.43. The summed E-state index contributed by atoms with van der Waals surface area (Å²) < 4.78 is 31.5. The molecule has 0 aliphatic rings. The Morgan fingerprint density at radius 2 is 2.31 bits per heavy atom. The van der Waals surface area contributed by atoms with Crippen LogP contribution in [0.2, 0.25) is 0 Å². The van der Waals surface area contributed by atoms with Gasteiger partial charge in [0.25, 0.3) is 6.43 Å². The Labute approximate surface area is 102 Å². The van der Waals surface area contributed by atoms with Crippen LogP contribution in [-0.4, -0.2) is 22.8 Å². The maximum absolute atomic E-state index is 12.1. The van der Waals surface area contributed by atoms with Gasteiger partial charge in [0.05, 0.1) is 11.1 Å². The Morgan fingerprint density at radius 3 is 2.94 bits per heavy atom. The number of hydrogen-bond donors (Lipinski definition) is 0. The number of aromatic nitrogens is 2. The molecule has 0 radical (unpaired) electrons. The second kappa shape index (κ2) is 6.96. The van der Waals surface area contributed by atoms with Crippen molar-refractivity contribution in [1.29, 1.82) is 0 Å². The van der Waals surface area contributed by atoms with Crippen LogP contribution in [0.4, 0.5) is 8.78 Å². The second-order valence-corrected chi connectivity index (χ2v) is 4.30. The Hall–Kier alpha value is -0.490. The van der Waals surface area contributed by atoms with Crippen LogP contribution >= 0.6 is 15.9 Å². The van der Waals surface area contributed by atoms with Gasteiger partial charge in [-0.1, -0.05) is 13.3 Å². The molecule has 0 saturated carbocycles. The van der Waals surface area contributed by atoms with Crippen molar-refractivity contribution in [2.75, 3.05) is 6.61 Å². The van der Waals surface area contributed by atoms with Gasteiger partial charge in [-0.05, 0) is 22.4 Å². The van der Waals surface area contributed by atoms with Crippen LogP contribution in [0.3, 0.4) is 0 Å². The number of hydrogen-bond acceptors (Lipinski definition) is 2. The van der Waals surface area contributed by atoms with Crippen LogP contribution in [0.5, 0.6) is 0 Å². The zero-order valence-corrected chi connectivity index (χ0v) is 10.7. The molecular formula is C10H15BrF2N2O. The molecule has 1 aromatic rings. The quantitative estimate of drug-likeness (QED) is 0.723. The third-order valence-electron chi connectivity index (χ3n) is 1.99. The predicted octanol–water partition coefficient (Wildman–Crippen LogP) is 3.23. The van der Waals surface area contributed by atoms with E-state index in [0.717, 1.165) is 12.8 Å². The summed E-state index contributed by atoms with van der Waals surface area (Å²) in [4.78, 5) is 0. The van der Waals surface area contributed by atoms with Gasteiger partial charge >= 0.3 is 0 Å². The summed E-state index contributed by atoms with van der Waals surface area (Å²) in [5.74, 6) is 0. The minimum Gasteiger partial charge on any atom is -0.375 e. The second-order valence-electron chi connectivity index (χ2n) is 3.44. The lowest BCUT2D eigenvalue weighted by Crippen LogP contribution is -2.07. The summed E-state index contributed by atoms with van der Waals surface area (Å²) in [6, 6.07) is 0. The highest BCUT2D eigenvalue weighted by molar-refractivity contribution is 9.10. The molecule has 0 N–H and O–H groups in total. The molecule has 3 nitrogen and oxygen atoms in total. The van der Waals surface area contributed by atoms with Crippen molar-refractivity contribution >= 4 is 15.9 Å². The van der Waals surface area contributed by atoms with Crippen molar-refractivity contribution in [3.8, 4) is 0 Å². The predicted molar refractivity (Wildman–Crippen MR) is 60.5 cm³/mol. The lowest BCUT2D eigenvalue weighted by molar-refractivity contribution is 0.110. The lowest BCUT2D eigenvalue weighted by Gasteiger charge is -2.01. The summed E-state index contributed by atoms with van der Waals surface area (Å²) >= 11 is 3.27. The average Bonchev–Trinajstić information content (AvgIpc) is 2.53. The molecular weight excluding hydrogens is 282 g/mol. The van der Waals surface area contributed by atoms with E-state index in [1.165, 1.54) is 4.68 Å². The molecule has 0 spiro atoms. The SMILES string of the molecule is CCCCOCc1nn(CC(F)F)cc1Br. The van der Waals surface area contributed by atoms with Crippen molar-refractivity contribution < 1.29 is 13.5 Å². The third kappa shape index (κ3) is 4.57. The minimum atomic E-state index is -2.39. The number of ether oxygens (including phenoxy) is 1. The fourth-order valence-corrected chi connectivity index (χ4v) is 1.62.